The number of carbonyl (C=O) groups is 1. The number of nitrogens with zero attached hydrogens (tertiary/aromatic N) is 5. The first-order chi connectivity index (χ1) is 11.9. The Morgan fingerprint density at radius 3 is 2.84 bits per heavy atom. The zero-order chi connectivity index (χ0) is 18.4. The Morgan fingerprint density at radius 1 is 1.44 bits per heavy atom. The molecule has 0 fully saturated rings. The summed E-state index contributed by atoms with van der Waals surface area (Å²) in [5.41, 5.74) is 0.635. The lowest BCUT2D eigenvalue weighted by molar-refractivity contribution is 0.238. The van der Waals surface area contributed by atoms with Crippen molar-refractivity contribution in [1.29, 1.82) is 0 Å². The summed E-state index contributed by atoms with van der Waals surface area (Å²) in [6, 6.07) is 4.36. The van der Waals surface area contributed by atoms with E-state index in [9.17, 15) is 9.18 Å². The van der Waals surface area contributed by atoms with Gasteiger partial charge < -0.3 is 15.5 Å². The predicted molar refractivity (Wildman–Crippen MR) is 93.3 cm³/mol. The van der Waals surface area contributed by atoms with Gasteiger partial charge in [0.1, 0.15) is 11.5 Å². The van der Waals surface area contributed by atoms with E-state index in [1.165, 1.54) is 22.9 Å². The number of hydrogen-bond acceptors (Lipinski definition) is 5. The largest absolute Gasteiger partial charge is 0.337 e. The van der Waals surface area contributed by atoms with Gasteiger partial charge in [-0.3, -0.25) is 0 Å². The summed E-state index contributed by atoms with van der Waals surface area (Å²) in [7, 11) is 2.02. The van der Waals surface area contributed by atoms with Crippen molar-refractivity contribution in [1.82, 2.24) is 30.4 Å². The fourth-order valence-corrected chi connectivity index (χ4v) is 2.26. The lowest BCUT2D eigenvalue weighted by atomic mass is 10.2. The summed E-state index contributed by atoms with van der Waals surface area (Å²) < 4.78 is 15.3. The maximum absolute atomic E-state index is 14.0. The predicted octanol–water partition coefficient (Wildman–Crippen LogP) is 1.96. The summed E-state index contributed by atoms with van der Waals surface area (Å²) in [6.45, 7) is 7.20. The Balaban J connectivity index is 1.94. The van der Waals surface area contributed by atoms with Gasteiger partial charge in [0.15, 0.2) is 5.82 Å². The van der Waals surface area contributed by atoms with Crippen molar-refractivity contribution in [3.8, 4) is 5.69 Å². The number of benzene rings is 1. The van der Waals surface area contributed by atoms with Crippen molar-refractivity contribution in [2.75, 3.05) is 25.5 Å². The number of urea groups is 1. The van der Waals surface area contributed by atoms with E-state index in [1.807, 2.05) is 7.05 Å². The number of carbonyl (C=O) groups excluding carboxylic acids is 1. The van der Waals surface area contributed by atoms with Gasteiger partial charge in [-0.15, -0.1) is 5.10 Å². The Kier molecular flexibility index (Phi) is 6.40. The highest BCUT2D eigenvalue weighted by Gasteiger charge is 2.12. The summed E-state index contributed by atoms with van der Waals surface area (Å²) >= 11 is 0. The number of aromatic nitrogens is 4. The summed E-state index contributed by atoms with van der Waals surface area (Å²) in [4.78, 5) is 14.2. The smallest absolute Gasteiger partial charge is 0.319 e. The molecule has 0 aliphatic heterocycles. The van der Waals surface area contributed by atoms with Crippen LogP contribution in [0, 0.1) is 12.7 Å². The molecule has 0 bridgehead atoms. The van der Waals surface area contributed by atoms with Crippen LogP contribution in [0.1, 0.15) is 26.1 Å². The maximum atomic E-state index is 14.0. The van der Waals surface area contributed by atoms with E-state index in [2.05, 4.69) is 44.9 Å². The average molecular weight is 349 g/mol. The van der Waals surface area contributed by atoms with Crippen molar-refractivity contribution in [2.24, 2.45) is 0 Å². The van der Waals surface area contributed by atoms with Crippen LogP contribution in [0.25, 0.3) is 5.69 Å². The van der Waals surface area contributed by atoms with Crippen LogP contribution in [0.5, 0.6) is 0 Å². The third kappa shape index (κ3) is 4.96. The Labute approximate surface area is 146 Å². The van der Waals surface area contributed by atoms with Crippen molar-refractivity contribution in [3.05, 3.63) is 29.8 Å². The third-order valence-corrected chi connectivity index (χ3v) is 4.15. The van der Waals surface area contributed by atoms with Gasteiger partial charge in [0.25, 0.3) is 0 Å². The van der Waals surface area contributed by atoms with E-state index < -0.39 is 5.82 Å². The molecule has 1 atom stereocenters. The number of amides is 2. The van der Waals surface area contributed by atoms with Gasteiger partial charge in [0.2, 0.25) is 0 Å². The molecule has 0 aliphatic carbocycles. The molecule has 1 aromatic heterocycles. The molecule has 9 heteroatoms. The standard InChI is InChI=1S/C16H24FN7O/c1-5-11(2)23(4)9-8-18-16(25)19-13-6-7-14(17)15(10-13)24-12(3)20-21-22-24/h6-7,10-11H,5,8-9H2,1-4H3,(H2,18,19,25). The van der Waals surface area contributed by atoms with Crippen LogP contribution in [0.3, 0.4) is 0 Å². The molecule has 0 saturated carbocycles. The Hall–Kier alpha value is -2.55. The first-order valence-corrected chi connectivity index (χ1v) is 8.22. The highest BCUT2D eigenvalue weighted by molar-refractivity contribution is 5.89. The number of anilines is 1. The monoisotopic (exact) mass is 349 g/mol. The van der Waals surface area contributed by atoms with Crippen LogP contribution in [0.4, 0.5) is 14.9 Å². The molecule has 0 radical (unpaired) electrons. The summed E-state index contributed by atoms with van der Waals surface area (Å²) in [5.74, 6) is -0.0230. The lowest BCUT2D eigenvalue weighted by Gasteiger charge is -2.23. The number of aryl methyl sites for hydroxylation is 1. The minimum absolute atomic E-state index is 0.178. The van der Waals surface area contributed by atoms with E-state index >= 15 is 0 Å². The average Bonchev–Trinajstić information content (AvgIpc) is 3.01. The normalized spacial score (nSPS) is 12.2. The summed E-state index contributed by atoms with van der Waals surface area (Å²) in [6.07, 6.45) is 1.05. The molecular formula is C16H24FN7O. The van der Waals surface area contributed by atoms with Crippen LogP contribution in [0.15, 0.2) is 18.2 Å². The number of nitrogens with one attached hydrogen (secondary N) is 2. The second kappa shape index (κ2) is 8.52. The van der Waals surface area contributed by atoms with Gasteiger partial charge in [-0.2, -0.15) is 4.68 Å². The van der Waals surface area contributed by atoms with Gasteiger partial charge in [0.05, 0.1) is 0 Å². The molecule has 2 amide bonds. The number of hydrogen-bond donors (Lipinski definition) is 2. The van der Waals surface area contributed by atoms with Crippen molar-refractivity contribution < 1.29 is 9.18 Å². The topological polar surface area (TPSA) is 88.0 Å². The van der Waals surface area contributed by atoms with Crippen molar-refractivity contribution in [3.63, 3.8) is 0 Å². The lowest BCUT2D eigenvalue weighted by Crippen LogP contribution is -2.38. The quantitative estimate of drug-likeness (QED) is 0.798. The van der Waals surface area contributed by atoms with E-state index in [1.54, 1.807) is 6.92 Å². The molecule has 0 spiro atoms. The molecule has 0 saturated heterocycles. The Bertz CT molecular complexity index is 718. The van der Waals surface area contributed by atoms with E-state index in [0.29, 0.717) is 24.1 Å². The zero-order valence-corrected chi connectivity index (χ0v) is 15.0. The third-order valence-electron chi connectivity index (χ3n) is 4.15. The van der Waals surface area contributed by atoms with Crippen LogP contribution in [0.2, 0.25) is 0 Å². The van der Waals surface area contributed by atoms with Gasteiger partial charge in [-0.05, 0) is 55.9 Å². The zero-order valence-electron chi connectivity index (χ0n) is 15.0. The molecule has 1 heterocycles. The molecule has 1 unspecified atom stereocenters. The number of halogens is 1. The minimum Gasteiger partial charge on any atom is -0.337 e. The number of rotatable bonds is 7. The molecule has 136 valence electrons. The van der Waals surface area contributed by atoms with Crippen LogP contribution >= 0.6 is 0 Å². The summed E-state index contributed by atoms with van der Waals surface area (Å²) in [5, 5.41) is 16.5. The highest BCUT2D eigenvalue weighted by Crippen LogP contribution is 2.18. The van der Waals surface area contributed by atoms with Crippen molar-refractivity contribution >= 4 is 11.7 Å². The van der Waals surface area contributed by atoms with E-state index in [-0.39, 0.29) is 11.7 Å². The first-order valence-electron chi connectivity index (χ1n) is 8.22. The second-order valence-electron chi connectivity index (χ2n) is 5.92. The molecule has 2 rings (SSSR count). The molecule has 2 N–H and O–H groups in total. The fraction of sp³-hybridized carbons (Fsp3) is 0.500. The number of tetrazole rings is 1. The second-order valence-corrected chi connectivity index (χ2v) is 5.92. The molecule has 25 heavy (non-hydrogen) atoms. The van der Waals surface area contributed by atoms with Crippen LogP contribution in [-0.4, -0.2) is 57.3 Å². The molecular weight excluding hydrogens is 325 g/mol. The van der Waals surface area contributed by atoms with Crippen LogP contribution < -0.4 is 10.6 Å². The molecule has 8 nitrogen and oxygen atoms in total. The molecule has 1 aromatic carbocycles. The SMILES string of the molecule is CCC(C)N(C)CCNC(=O)Nc1ccc(F)c(-n2nnnc2C)c1. The van der Waals surface area contributed by atoms with Crippen molar-refractivity contribution in [2.45, 2.75) is 33.2 Å². The highest BCUT2D eigenvalue weighted by atomic mass is 19.1. The van der Waals surface area contributed by atoms with Gasteiger partial charge in [-0.1, -0.05) is 6.92 Å². The molecule has 0 aliphatic rings. The molecule has 2 aromatic rings. The number of likely N-dealkylation sites (N-methyl/N-ethyl adjacent to an activating group) is 1. The fourth-order valence-electron chi connectivity index (χ4n) is 2.26. The maximum Gasteiger partial charge on any atom is 0.319 e. The minimum atomic E-state index is -0.475. The van der Waals surface area contributed by atoms with Gasteiger partial charge in [0, 0.05) is 24.8 Å². The van der Waals surface area contributed by atoms with E-state index in [0.717, 1.165) is 13.0 Å². The van der Waals surface area contributed by atoms with Crippen LogP contribution in [-0.2, 0) is 0 Å². The van der Waals surface area contributed by atoms with E-state index in [4.69, 9.17) is 0 Å². The Morgan fingerprint density at radius 2 is 2.20 bits per heavy atom. The first kappa shape index (κ1) is 18.8. The van der Waals surface area contributed by atoms with Gasteiger partial charge >= 0.3 is 6.03 Å². The van der Waals surface area contributed by atoms with Gasteiger partial charge in [-0.25, -0.2) is 9.18 Å².